The Morgan fingerprint density at radius 2 is 1.88 bits per heavy atom. The molecular weight excluding hydrogens is 367 g/mol. The number of carbonyl (C=O) groups excluding carboxylic acids is 1. The first kappa shape index (κ1) is 19.2. The maximum Gasteiger partial charge on any atom is 0.241 e. The Kier molecular flexibility index (Phi) is 6.02. The molecule has 0 saturated carbocycles. The normalized spacial score (nSPS) is 12.5. The van der Waals surface area contributed by atoms with Crippen molar-refractivity contribution in [1.29, 1.82) is 0 Å². The minimum Gasteiger partial charge on any atom is -0.348 e. The zero-order valence-electron chi connectivity index (χ0n) is 13.7. The number of halogens is 2. The maximum absolute atomic E-state index is 13.0. The highest BCUT2D eigenvalue weighted by molar-refractivity contribution is 7.92. The van der Waals surface area contributed by atoms with E-state index in [1.54, 1.807) is 37.3 Å². The van der Waals surface area contributed by atoms with Crippen LogP contribution in [0.25, 0.3) is 0 Å². The molecular formula is C17H18ClFN2O3S. The molecule has 1 unspecified atom stereocenters. The number of anilines is 1. The summed E-state index contributed by atoms with van der Waals surface area (Å²) in [6, 6.07) is 11.6. The van der Waals surface area contributed by atoms with E-state index in [-0.39, 0.29) is 12.4 Å². The molecule has 1 amide bonds. The van der Waals surface area contributed by atoms with Crippen molar-refractivity contribution in [3.05, 3.63) is 64.9 Å². The standard InChI is InChI=1S/C17H18ClFN2O3S/c1-12(13-6-8-15(19)9-7-13)20-17(22)11-21(25(2,23)24)16-5-3-4-14(18)10-16/h3-10,12H,11H2,1-2H3,(H,20,22). The summed E-state index contributed by atoms with van der Waals surface area (Å²) in [6.45, 7) is 1.35. The van der Waals surface area contributed by atoms with Crippen molar-refractivity contribution >= 4 is 33.2 Å². The number of hydrogen-bond donors (Lipinski definition) is 1. The molecule has 2 rings (SSSR count). The molecule has 2 aromatic rings. The van der Waals surface area contributed by atoms with Gasteiger partial charge < -0.3 is 5.32 Å². The van der Waals surface area contributed by atoms with Gasteiger partial charge in [-0.05, 0) is 42.8 Å². The van der Waals surface area contributed by atoms with Crippen LogP contribution in [0.15, 0.2) is 48.5 Å². The molecule has 0 radical (unpaired) electrons. The fraction of sp³-hybridized carbons (Fsp3) is 0.235. The quantitative estimate of drug-likeness (QED) is 0.832. The van der Waals surface area contributed by atoms with Crippen molar-refractivity contribution in [2.75, 3.05) is 17.1 Å². The van der Waals surface area contributed by atoms with E-state index in [2.05, 4.69) is 5.32 Å². The van der Waals surface area contributed by atoms with E-state index in [9.17, 15) is 17.6 Å². The first-order valence-electron chi connectivity index (χ1n) is 7.45. The summed E-state index contributed by atoms with van der Waals surface area (Å²) in [7, 11) is -3.67. The summed E-state index contributed by atoms with van der Waals surface area (Å²) in [6.07, 6.45) is 1.02. The number of carbonyl (C=O) groups is 1. The van der Waals surface area contributed by atoms with Gasteiger partial charge in [0.05, 0.1) is 18.0 Å². The van der Waals surface area contributed by atoms with E-state index < -0.39 is 22.0 Å². The Morgan fingerprint density at radius 3 is 2.44 bits per heavy atom. The van der Waals surface area contributed by atoms with Crippen LogP contribution < -0.4 is 9.62 Å². The van der Waals surface area contributed by atoms with Crippen LogP contribution in [0.1, 0.15) is 18.5 Å². The molecule has 0 aliphatic heterocycles. The second-order valence-corrected chi connectivity index (χ2v) is 7.93. The third-order valence-corrected chi connectivity index (χ3v) is 4.91. The molecule has 25 heavy (non-hydrogen) atoms. The summed E-state index contributed by atoms with van der Waals surface area (Å²) in [5, 5.41) is 3.07. The van der Waals surface area contributed by atoms with E-state index in [4.69, 9.17) is 11.6 Å². The van der Waals surface area contributed by atoms with Crippen molar-refractivity contribution in [2.45, 2.75) is 13.0 Å². The van der Waals surface area contributed by atoms with Crippen molar-refractivity contribution in [2.24, 2.45) is 0 Å². The summed E-state index contributed by atoms with van der Waals surface area (Å²) >= 11 is 5.90. The zero-order chi connectivity index (χ0) is 18.6. The number of sulfonamides is 1. The van der Waals surface area contributed by atoms with Gasteiger partial charge in [-0.3, -0.25) is 9.10 Å². The summed E-state index contributed by atoms with van der Waals surface area (Å²) < 4.78 is 38.0. The van der Waals surface area contributed by atoms with Gasteiger partial charge >= 0.3 is 0 Å². The fourth-order valence-electron chi connectivity index (χ4n) is 2.28. The monoisotopic (exact) mass is 384 g/mol. The second-order valence-electron chi connectivity index (χ2n) is 5.59. The van der Waals surface area contributed by atoms with Crippen molar-refractivity contribution < 1.29 is 17.6 Å². The van der Waals surface area contributed by atoms with Crippen molar-refractivity contribution in [3.8, 4) is 0 Å². The lowest BCUT2D eigenvalue weighted by Gasteiger charge is -2.23. The van der Waals surface area contributed by atoms with Gasteiger partial charge in [-0.2, -0.15) is 0 Å². The van der Waals surface area contributed by atoms with E-state index in [0.29, 0.717) is 16.3 Å². The summed E-state index contributed by atoms with van der Waals surface area (Å²) in [4.78, 5) is 12.3. The highest BCUT2D eigenvalue weighted by atomic mass is 35.5. The van der Waals surface area contributed by atoms with Crippen LogP contribution in [0.4, 0.5) is 10.1 Å². The average molecular weight is 385 g/mol. The average Bonchev–Trinajstić information content (AvgIpc) is 2.52. The molecule has 0 aliphatic rings. The number of hydrogen-bond acceptors (Lipinski definition) is 3. The van der Waals surface area contributed by atoms with Gasteiger partial charge in [-0.25, -0.2) is 12.8 Å². The highest BCUT2D eigenvalue weighted by Crippen LogP contribution is 2.22. The Balaban J connectivity index is 2.13. The number of rotatable bonds is 6. The largest absolute Gasteiger partial charge is 0.348 e. The molecule has 0 heterocycles. The Bertz CT molecular complexity index is 856. The molecule has 0 spiro atoms. The first-order chi connectivity index (χ1) is 11.7. The smallest absolute Gasteiger partial charge is 0.241 e. The van der Waals surface area contributed by atoms with Gasteiger partial charge in [0.2, 0.25) is 15.9 Å². The van der Waals surface area contributed by atoms with Gasteiger partial charge in [-0.1, -0.05) is 29.8 Å². The Hall–Kier alpha value is -2.12. The SMILES string of the molecule is CC(NC(=O)CN(c1cccc(Cl)c1)S(C)(=O)=O)c1ccc(F)cc1. The molecule has 8 heteroatoms. The van der Waals surface area contributed by atoms with Gasteiger partial charge in [0.25, 0.3) is 0 Å². The number of amides is 1. The summed E-state index contributed by atoms with van der Waals surface area (Å²) in [5.74, 6) is -0.853. The molecule has 1 N–H and O–H groups in total. The maximum atomic E-state index is 13.0. The lowest BCUT2D eigenvalue weighted by Crippen LogP contribution is -2.41. The van der Waals surface area contributed by atoms with Crippen LogP contribution in [0.3, 0.4) is 0 Å². The molecule has 0 bridgehead atoms. The minimum atomic E-state index is -3.67. The second kappa shape index (κ2) is 7.84. The van der Waals surface area contributed by atoms with E-state index in [1.807, 2.05) is 0 Å². The van der Waals surface area contributed by atoms with Crippen LogP contribution in [-0.2, 0) is 14.8 Å². The topological polar surface area (TPSA) is 66.5 Å². The highest BCUT2D eigenvalue weighted by Gasteiger charge is 2.22. The van der Waals surface area contributed by atoms with Crippen LogP contribution in [-0.4, -0.2) is 27.1 Å². The zero-order valence-corrected chi connectivity index (χ0v) is 15.3. The number of nitrogens with one attached hydrogen (secondary N) is 1. The van der Waals surface area contributed by atoms with Gasteiger partial charge in [0.1, 0.15) is 12.4 Å². The third kappa shape index (κ3) is 5.44. The van der Waals surface area contributed by atoms with Crippen molar-refractivity contribution in [3.63, 3.8) is 0 Å². The van der Waals surface area contributed by atoms with Crippen LogP contribution in [0.2, 0.25) is 5.02 Å². The van der Waals surface area contributed by atoms with Gasteiger partial charge in [0.15, 0.2) is 0 Å². The molecule has 5 nitrogen and oxygen atoms in total. The Labute approximate surface area is 151 Å². The molecule has 1 atom stereocenters. The van der Waals surface area contributed by atoms with Gasteiger partial charge in [0, 0.05) is 5.02 Å². The molecule has 0 aliphatic carbocycles. The minimum absolute atomic E-state index is 0.305. The lowest BCUT2D eigenvalue weighted by atomic mass is 10.1. The van der Waals surface area contributed by atoms with Crippen molar-refractivity contribution in [1.82, 2.24) is 5.32 Å². The van der Waals surface area contributed by atoms with E-state index in [1.165, 1.54) is 18.2 Å². The van der Waals surface area contributed by atoms with Crippen LogP contribution >= 0.6 is 11.6 Å². The van der Waals surface area contributed by atoms with Gasteiger partial charge in [-0.15, -0.1) is 0 Å². The lowest BCUT2D eigenvalue weighted by molar-refractivity contribution is -0.120. The molecule has 2 aromatic carbocycles. The third-order valence-electron chi connectivity index (χ3n) is 3.53. The first-order valence-corrected chi connectivity index (χ1v) is 9.67. The Morgan fingerprint density at radius 1 is 1.24 bits per heavy atom. The number of benzene rings is 2. The van der Waals surface area contributed by atoms with E-state index >= 15 is 0 Å². The molecule has 0 fully saturated rings. The number of nitrogens with zero attached hydrogens (tertiary/aromatic N) is 1. The molecule has 0 saturated heterocycles. The fourth-order valence-corrected chi connectivity index (χ4v) is 3.32. The van der Waals surface area contributed by atoms with Crippen LogP contribution in [0.5, 0.6) is 0 Å². The molecule has 0 aromatic heterocycles. The van der Waals surface area contributed by atoms with Crippen LogP contribution in [0, 0.1) is 5.82 Å². The molecule has 134 valence electrons. The predicted molar refractivity (Wildman–Crippen MR) is 96.6 cm³/mol. The predicted octanol–water partition coefficient (Wildman–Crippen LogP) is 3.12. The van der Waals surface area contributed by atoms with E-state index in [0.717, 1.165) is 10.6 Å². The summed E-state index contributed by atoms with van der Waals surface area (Å²) in [5.41, 5.74) is 1.02.